The molecule has 8 nitrogen and oxygen atoms in total. The van der Waals surface area contributed by atoms with Gasteiger partial charge in [0.25, 0.3) is 0 Å². The quantitative estimate of drug-likeness (QED) is 0.655. The van der Waals surface area contributed by atoms with E-state index >= 15 is 0 Å². The molecule has 1 amide bonds. The zero-order valence-corrected chi connectivity index (χ0v) is 20.6. The summed E-state index contributed by atoms with van der Waals surface area (Å²) < 4.78 is 33.5. The van der Waals surface area contributed by atoms with Crippen LogP contribution < -0.4 is 10.5 Å². The Kier molecular flexibility index (Phi) is 5.95. The number of halogens is 2. The van der Waals surface area contributed by atoms with Crippen LogP contribution >= 0.6 is 11.8 Å². The Morgan fingerprint density at radius 2 is 2.19 bits per heavy atom. The van der Waals surface area contributed by atoms with Gasteiger partial charge >= 0.3 is 0 Å². The van der Waals surface area contributed by atoms with Crippen molar-refractivity contribution < 1.29 is 18.3 Å². The van der Waals surface area contributed by atoms with Crippen molar-refractivity contribution in [1.29, 1.82) is 5.26 Å². The maximum Gasteiger partial charge on any atom is 0.239 e. The van der Waals surface area contributed by atoms with Crippen molar-refractivity contribution in [2.75, 3.05) is 20.2 Å². The third-order valence-electron chi connectivity index (χ3n) is 7.04. The highest BCUT2D eigenvalue weighted by molar-refractivity contribution is 8.15. The number of pyridine rings is 2. The average molecular weight is 511 g/mol. The van der Waals surface area contributed by atoms with Crippen LogP contribution in [0, 0.1) is 17.2 Å². The molecule has 0 aromatic carbocycles. The second-order valence-corrected chi connectivity index (χ2v) is 10.7. The molecule has 0 bridgehead atoms. The lowest BCUT2D eigenvalue weighted by Gasteiger charge is -2.35. The Morgan fingerprint density at radius 3 is 2.83 bits per heavy atom. The smallest absolute Gasteiger partial charge is 0.239 e. The number of fused-ring (bicyclic) bond motifs is 1. The fourth-order valence-electron chi connectivity index (χ4n) is 5.12. The van der Waals surface area contributed by atoms with Gasteiger partial charge in [0.05, 0.1) is 30.5 Å². The third kappa shape index (κ3) is 3.99. The minimum absolute atomic E-state index is 0.0810. The first-order valence-corrected chi connectivity index (χ1v) is 12.3. The summed E-state index contributed by atoms with van der Waals surface area (Å²) in [6.07, 6.45) is 3.91. The van der Waals surface area contributed by atoms with E-state index in [4.69, 9.17) is 20.7 Å². The average Bonchev–Trinajstić information content (AvgIpc) is 3.48. The highest BCUT2D eigenvalue weighted by Gasteiger charge is 2.71. The Labute approximate surface area is 211 Å². The van der Waals surface area contributed by atoms with Crippen LogP contribution in [0.5, 0.6) is 5.88 Å². The van der Waals surface area contributed by atoms with Crippen LogP contribution in [-0.2, 0) is 10.3 Å². The van der Waals surface area contributed by atoms with E-state index in [2.05, 4.69) is 9.97 Å². The number of hydrogen-bond donors (Lipinski definition) is 1. The van der Waals surface area contributed by atoms with Crippen molar-refractivity contribution in [2.45, 2.75) is 36.2 Å². The van der Waals surface area contributed by atoms with Gasteiger partial charge < -0.3 is 15.4 Å². The predicted molar refractivity (Wildman–Crippen MR) is 132 cm³/mol. The Morgan fingerprint density at radius 1 is 1.39 bits per heavy atom. The molecule has 0 spiro atoms. The van der Waals surface area contributed by atoms with Crippen LogP contribution in [0.25, 0.3) is 11.9 Å². The Bertz CT molecular complexity index is 1330. The van der Waals surface area contributed by atoms with E-state index in [0.717, 1.165) is 0 Å². The highest BCUT2D eigenvalue weighted by Crippen LogP contribution is 2.67. The number of carbonyl (C=O) groups excluding carboxylic acids is 1. The standard InChI is InChI=1S/C25H24F2N6O2S/c1-24(20-9-25(20,36-23(29)32-24)22(34)33-6-5-16(26)13-33)17-7-15(12-31-21(17)35-2)8-18(27)19-4-3-14(10-28)11-30-19/h3-4,7-8,11-12,16,20H,5-6,9,13H2,1-2H3,(H2,29,32)/b18-8-/t16?,20-,24+,25-/m0/s1. The molecule has 4 atom stereocenters. The molecule has 186 valence electrons. The molecule has 2 fully saturated rings. The van der Waals surface area contributed by atoms with E-state index in [1.54, 1.807) is 11.0 Å². The first-order chi connectivity index (χ1) is 17.2. The second-order valence-electron chi connectivity index (χ2n) is 9.34. The maximum atomic E-state index is 15.0. The predicted octanol–water partition coefficient (Wildman–Crippen LogP) is 3.43. The minimum Gasteiger partial charge on any atom is -0.481 e. The Balaban J connectivity index is 1.50. The van der Waals surface area contributed by atoms with Gasteiger partial charge in [-0.3, -0.25) is 14.8 Å². The first kappa shape index (κ1) is 24.2. The van der Waals surface area contributed by atoms with Crippen LogP contribution in [0.4, 0.5) is 8.78 Å². The van der Waals surface area contributed by atoms with Crippen LogP contribution in [0.2, 0.25) is 0 Å². The summed E-state index contributed by atoms with van der Waals surface area (Å²) in [4.78, 5) is 28.1. The molecule has 1 unspecified atom stereocenters. The molecular formula is C25H24F2N6O2S. The minimum atomic E-state index is -1.01. The number of nitrogens with zero attached hydrogens (tertiary/aromatic N) is 5. The van der Waals surface area contributed by atoms with E-state index in [1.807, 2.05) is 13.0 Å². The van der Waals surface area contributed by atoms with Crippen molar-refractivity contribution >= 4 is 34.7 Å². The Hall–Kier alpha value is -3.52. The maximum absolute atomic E-state index is 15.0. The van der Waals surface area contributed by atoms with Gasteiger partial charge in [-0.05, 0) is 49.6 Å². The van der Waals surface area contributed by atoms with E-state index < -0.39 is 22.3 Å². The summed E-state index contributed by atoms with van der Waals surface area (Å²) in [5.74, 6) is -0.639. The summed E-state index contributed by atoms with van der Waals surface area (Å²) in [5, 5.41) is 9.18. The largest absolute Gasteiger partial charge is 0.481 e. The first-order valence-electron chi connectivity index (χ1n) is 11.5. The molecule has 36 heavy (non-hydrogen) atoms. The number of ether oxygens (including phenoxy) is 1. The van der Waals surface area contributed by atoms with E-state index in [-0.39, 0.29) is 29.2 Å². The molecular weight excluding hydrogens is 486 g/mol. The molecule has 0 radical (unpaired) electrons. The number of nitrogens with two attached hydrogens (primary N) is 1. The number of nitriles is 1. The summed E-state index contributed by atoms with van der Waals surface area (Å²) in [6.45, 7) is 2.35. The summed E-state index contributed by atoms with van der Waals surface area (Å²) >= 11 is 1.23. The summed E-state index contributed by atoms with van der Waals surface area (Å²) in [6, 6.07) is 6.59. The van der Waals surface area contributed by atoms with Crippen LogP contribution in [-0.4, -0.2) is 57.1 Å². The fraction of sp³-hybridized carbons (Fsp3) is 0.400. The number of amidine groups is 1. The number of carbonyl (C=O) groups is 1. The monoisotopic (exact) mass is 510 g/mol. The van der Waals surface area contributed by atoms with Gasteiger partial charge in [-0.2, -0.15) is 5.26 Å². The molecule has 3 aliphatic rings. The lowest BCUT2D eigenvalue weighted by Crippen LogP contribution is -2.45. The van der Waals surface area contributed by atoms with Crippen LogP contribution in [0.3, 0.4) is 0 Å². The van der Waals surface area contributed by atoms with Gasteiger partial charge in [0.2, 0.25) is 11.8 Å². The van der Waals surface area contributed by atoms with Crippen molar-refractivity contribution in [1.82, 2.24) is 14.9 Å². The number of aliphatic imine (C=N–C) groups is 1. The lowest BCUT2D eigenvalue weighted by atomic mass is 9.85. The normalized spacial score (nSPS) is 29.2. The molecule has 1 aliphatic carbocycles. The zero-order chi connectivity index (χ0) is 25.7. The zero-order valence-electron chi connectivity index (χ0n) is 19.7. The van der Waals surface area contributed by atoms with Gasteiger partial charge in [-0.1, -0.05) is 11.8 Å². The van der Waals surface area contributed by atoms with Crippen molar-refractivity contribution in [3.8, 4) is 11.9 Å². The van der Waals surface area contributed by atoms with Crippen molar-refractivity contribution in [3.63, 3.8) is 0 Å². The van der Waals surface area contributed by atoms with Crippen LogP contribution in [0.15, 0.2) is 35.6 Å². The topological polar surface area (TPSA) is 117 Å². The molecule has 1 saturated heterocycles. The summed E-state index contributed by atoms with van der Waals surface area (Å²) in [5.41, 5.74) is 6.71. The van der Waals surface area contributed by atoms with Gasteiger partial charge in [0.1, 0.15) is 22.8 Å². The fourth-order valence-corrected chi connectivity index (χ4v) is 6.56. The van der Waals surface area contributed by atoms with Crippen LogP contribution in [0.1, 0.15) is 42.1 Å². The third-order valence-corrected chi connectivity index (χ3v) is 8.33. The SMILES string of the molecule is COc1ncc(/C=C(\F)c2ccc(C#N)cn2)cc1[C@@]1(C)N=C(N)S[C@@]2(C(=O)N3CCC(F)C3)C[C@H]21. The second kappa shape index (κ2) is 8.85. The van der Waals surface area contributed by atoms with Gasteiger partial charge in [0, 0.05) is 30.4 Å². The number of methoxy groups -OCH3 is 1. The number of alkyl halides is 1. The molecule has 2 N–H and O–H groups in total. The number of amides is 1. The number of hydrogen-bond acceptors (Lipinski definition) is 8. The number of thioether (sulfide) groups is 1. The number of likely N-dealkylation sites (tertiary alicyclic amines) is 1. The lowest BCUT2D eigenvalue weighted by molar-refractivity contribution is -0.131. The molecule has 2 aromatic heterocycles. The summed E-state index contributed by atoms with van der Waals surface area (Å²) in [7, 11) is 1.48. The van der Waals surface area contributed by atoms with Crippen molar-refractivity contribution in [3.05, 3.63) is 53.0 Å². The van der Waals surface area contributed by atoms with E-state index in [1.165, 1.54) is 49.5 Å². The number of aromatic nitrogens is 2. The van der Waals surface area contributed by atoms with E-state index in [9.17, 15) is 13.6 Å². The molecule has 11 heteroatoms. The molecule has 1 saturated carbocycles. The number of rotatable bonds is 5. The molecule has 2 aliphatic heterocycles. The van der Waals surface area contributed by atoms with Gasteiger partial charge in [0.15, 0.2) is 5.17 Å². The highest BCUT2D eigenvalue weighted by atomic mass is 32.2. The van der Waals surface area contributed by atoms with Crippen molar-refractivity contribution in [2.24, 2.45) is 16.6 Å². The van der Waals surface area contributed by atoms with E-state index in [0.29, 0.717) is 42.0 Å². The molecule has 2 aromatic rings. The molecule has 4 heterocycles. The van der Waals surface area contributed by atoms with Gasteiger partial charge in [-0.15, -0.1) is 0 Å². The molecule has 5 rings (SSSR count). The van der Waals surface area contributed by atoms with Gasteiger partial charge in [-0.25, -0.2) is 13.8 Å².